The minimum absolute atomic E-state index is 0.110. The summed E-state index contributed by atoms with van der Waals surface area (Å²) in [6, 6.07) is 23.4. The second kappa shape index (κ2) is 8.82. The minimum atomic E-state index is -0.110. The summed E-state index contributed by atoms with van der Waals surface area (Å²) in [6.07, 6.45) is 0. The summed E-state index contributed by atoms with van der Waals surface area (Å²) in [5, 5.41) is 2.98. The fraction of sp³-hybridized carbons (Fsp3) is 0.200. The monoisotopic (exact) mass is 399 g/mol. The van der Waals surface area contributed by atoms with Crippen LogP contribution in [0.2, 0.25) is 0 Å². The van der Waals surface area contributed by atoms with E-state index < -0.39 is 0 Å². The van der Waals surface area contributed by atoms with Gasteiger partial charge < -0.3 is 14.6 Å². The van der Waals surface area contributed by atoms with Crippen LogP contribution in [0, 0.1) is 13.8 Å². The molecule has 30 heavy (non-hydrogen) atoms. The first-order valence-corrected chi connectivity index (χ1v) is 10.1. The van der Waals surface area contributed by atoms with Crippen molar-refractivity contribution in [2.24, 2.45) is 0 Å². The number of hydrogen-bond acceptors (Lipinski definition) is 3. The molecule has 0 bridgehead atoms. The number of rotatable bonds is 7. The molecule has 1 heterocycles. The van der Waals surface area contributed by atoms with Gasteiger partial charge >= 0.3 is 0 Å². The van der Waals surface area contributed by atoms with Crippen LogP contribution >= 0.6 is 0 Å². The molecule has 3 aromatic carbocycles. The SMILES string of the molecule is Cc1ccc(C)c(OCCn2c(CNC(=O)c3ccccc3)nc3ccccc32)c1. The highest BCUT2D eigenvalue weighted by molar-refractivity contribution is 5.94. The Labute approximate surface area is 176 Å². The topological polar surface area (TPSA) is 56.1 Å². The van der Waals surface area contributed by atoms with Crippen molar-refractivity contribution in [3.05, 3.63) is 95.3 Å². The third-order valence-electron chi connectivity index (χ3n) is 5.09. The molecule has 152 valence electrons. The van der Waals surface area contributed by atoms with Crippen molar-refractivity contribution in [1.82, 2.24) is 14.9 Å². The largest absolute Gasteiger partial charge is 0.491 e. The standard InChI is InChI=1S/C25H25N3O2/c1-18-12-13-19(2)23(16-18)30-15-14-28-22-11-7-6-10-21(22)27-24(28)17-26-25(29)20-8-4-3-5-9-20/h3-13,16H,14-15,17H2,1-2H3,(H,26,29). The lowest BCUT2D eigenvalue weighted by Gasteiger charge is -2.13. The van der Waals surface area contributed by atoms with E-state index >= 15 is 0 Å². The van der Waals surface area contributed by atoms with Crippen molar-refractivity contribution in [1.29, 1.82) is 0 Å². The number of para-hydroxylation sites is 2. The highest BCUT2D eigenvalue weighted by Crippen LogP contribution is 2.20. The molecule has 1 N–H and O–H groups in total. The zero-order chi connectivity index (χ0) is 20.9. The molecule has 5 nitrogen and oxygen atoms in total. The molecule has 1 aromatic heterocycles. The first kappa shape index (κ1) is 19.7. The maximum Gasteiger partial charge on any atom is 0.251 e. The Morgan fingerprint density at radius 1 is 1.00 bits per heavy atom. The fourth-order valence-electron chi connectivity index (χ4n) is 3.47. The molecule has 0 fully saturated rings. The quantitative estimate of drug-likeness (QED) is 0.492. The van der Waals surface area contributed by atoms with E-state index in [-0.39, 0.29) is 5.91 Å². The van der Waals surface area contributed by atoms with Crippen LogP contribution < -0.4 is 10.1 Å². The van der Waals surface area contributed by atoms with E-state index in [1.54, 1.807) is 12.1 Å². The molecule has 0 spiro atoms. The van der Waals surface area contributed by atoms with E-state index in [9.17, 15) is 4.79 Å². The molecule has 0 aliphatic heterocycles. The Balaban J connectivity index is 1.50. The predicted molar refractivity (Wildman–Crippen MR) is 119 cm³/mol. The van der Waals surface area contributed by atoms with E-state index in [1.165, 1.54) is 5.56 Å². The van der Waals surface area contributed by atoms with E-state index in [0.717, 1.165) is 28.2 Å². The number of hydrogen-bond donors (Lipinski definition) is 1. The molecule has 1 amide bonds. The summed E-state index contributed by atoms with van der Waals surface area (Å²) in [4.78, 5) is 17.2. The molecule has 0 aliphatic carbocycles. The normalized spacial score (nSPS) is 10.9. The molecule has 4 aromatic rings. The van der Waals surface area contributed by atoms with Gasteiger partial charge in [-0.1, -0.05) is 42.5 Å². The summed E-state index contributed by atoms with van der Waals surface area (Å²) in [5.74, 6) is 1.60. The number of carbonyl (C=O) groups is 1. The number of nitrogens with one attached hydrogen (secondary N) is 1. The van der Waals surface area contributed by atoms with Gasteiger partial charge in [0.25, 0.3) is 5.91 Å². The zero-order valence-corrected chi connectivity index (χ0v) is 17.3. The lowest BCUT2D eigenvalue weighted by Crippen LogP contribution is -2.25. The summed E-state index contributed by atoms with van der Waals surface area (Å²) >= 11 is 0. The number of nitrogens with zero attached hydrogens (tertiary/aromatic N) is 2. The number of carbonyl (C=O) groups excluding carboxylic acids is 1. The molecule has 0 atom stereocenters. The number of benzene rings is 3. The van der Waals surface area contributed by atoms with E-state index in [1.807, 2.05) is 49.4 Å². The Kier molecular flexibility index (Phi) is 5.80. The van der Waals surface area contributed by atoms with Gasteiger partial charge in [-0.25, -0.2) is 4.98 Å². The van der Waals surface area contributed by atoms with Gasteiger partial charge in [0.05, 0.1) is 24.1 Å². The summed E-state index contributed by atoms with van der Waals surface area (Å²) < 4.78 is 8.17. The summed E-state index contributed by atoms with van der Waals surface area (Å²) in [7, 11) is 0. The molecule has 0 radical (unpaired) electrons. The number of ether oxygens (including phenoxy) is 1. The second-order valence-electron chi connectivity index (χ2n) is 7.33. The third-order valence-corrected chi connectivity index (χ3v) is 5.09. The lowest BCUT2D eigenvalue weighted by atomic mass is 10.1. The Morgan fingerprint density at radius 3 is 2.60 bits per heavy atom. The first-order chi connectivity index (χ1) is 14.6. The van der Waals surface area contributed by atoms with Gasteiger partial charge in [0, 0.05) is 5.56 Å². The zero-order valence-electron chi connectivity index (χ0n) is 17.3. The molecule has 0 saturated carbocycles. The van der Waals surface area contributed by atoms with E-state index in [2.05, 4.69) is 35.0 Å². The highest BCUT2D eigenvalue weighted by atomic mass is 16.5. The van der Waals surface area contributed by atoms with E-state index in [0.29, 0.717) is 25.3 Å². The van der Waals surface area contributed by atoms with Gasteiger partial charge in [-0.3, -0.25) is 4.79 Å². The first-order valence-electron chi connectivity index (χ1n) is 10.1. The van der Waals surface area contributed by atoms with Crippen molar-refractivity contribution >= 4 is 16.9 Å². The molecule has 0 aliphatic rings. The Hall–Kier alpha value is -3.60. The number of fused-ring (bicyclic) bond motifs is 1. The maximum atomic E-state index is 12.4. The van der Waals surface area contributed by atoms with Crippen LogP contribution in [0.4, 0.5) is 0 Å². The van der Waals surface area contributed by atoms with Gasteiger partial charge in [-0.15, -0.1) is 0 Å². The van der Waals surface area contributed by atoms with Crippen LogP contribution in [-0.4, -0.2) is 22.1 Å². The van der Waals surface area contributed by atoms with Crippen LogP contribution in [0.25, 0.3) is 11.0 Å². The number of amides is 1. The second-order valence-corrected chi connectivity index (χ2v) is 7.33. The van der Waals surface area contributed by atoms with Crippen molar-refractivity contribution in [2.75, 3.05) is 6.61 Å². The number of aromatic nitrogens is 2. The van der Waals surface area contributed by atoms with Crippen LogP contribution in [0.1, 0.15) is 27.3 Å². The summed E-state index contributed by atoms with van der Waals surface area (Å²) in [6.45, 7) is 5.62. The van der Waals surface area contributed by atoms with Crippen molar-refractivity contribution in [3.63, 3.8) is 0 Å². The highest BCUT2D eigenvalue weighted by Gasteiger charge is 2.12. The van der Waals surface area contributed by atoms with Gasteiger partial charge in [-0.05, 0) is 55.3 Å². The molecule has 0 saturated heterocycles. The van der Waals surface area contributed by atoms with Crippen LogP contribution in [0.3, 0.4) is 0 Å². The van der Waals surface area contributed by atoms with Gasteiger partial charge in [-0.2, -0.15) is 0 Å². The van der Waals surface area contributed by atoms with Gasteiger partial charge in [0.2, 0.25) is 0 Å². The van der Waals surface area contributed by atoms with Crippen molar-refractivity contribution in [3.8, 4) is 5.75 Å². The maximum absolute atomic E-state index is 12.4. The minimum Gasteiger partial charge on any atom is -0.491 e. The van der Waals surface area contributed by atoms with Gasteiger partial charge in [0.1, 0.15) is 18.2 Å². The van der Waals surface area contributed by atoms with Crippen LogP contribution in [0.5, 0.6) is 5.75 Å². The molecular weight excluding hydrogens is 374 g/mol. The number of aryl methyl sites for hydroxylation is 2. The molecule has 4 rings (SSSR count). The fourth-order valence-corrected chi connectivity index (χ4v) is 3.47. The van der Waals surface area contributed by atoms with Crippen LogP contribution in [0.15, 0.2) is 72.8 Å². The average molecular weight is 399 g/mol. The molecular formula is C25H25N3O2. The Bertz CT molecular complexity index is 1170. The smallest absolute Gasteiger partial charge is 0.251 e. The predicted octanol–water partition coefficient (Wildman–Crippen LogP) is 4.66. The Morgan fingerprint density at radius 2 is 1.77 bits per heavy atom. The van der Waals surface area contributed by atoms with Crippen molar-refractivity contribution < 1.29 is 9.53 Å². The van der Waals surface area contributed by atoms with Crippen LogP contribution in [-0.2, 0) is 13.1 Å². The molecule has 0 unspecified atom stereocenters. The van der Waals surface area contributed by atoms with Crippen molar-refractivity contribution in [2.45, 2.75) is 26.9 Å². The molecule has 5 heteroatoms. The van der Waals surface area contributed by atoms with E-state index in [4.69, 9.17) is 9.72 Å². The van der Waals surface area contributed by atoms with Gasteiger partial charge in [0.15, 0.2) is 0 Å². The lowest BCUT2D eigenvalue weighted by molar-refractivity contribution is 0.0949. The third kappa shape index (κ3) is 4.35. The summed E-state index contributed by atoms with van der Waals surface area (Å²) in [5.41, 5.74) is 4.87. The number of imidazole rings is 1. The average Bonchev–Trinajstić information content (AvgIpc) is 3.12.